The zero-order valence-corrected chi connectivity index (χ0v) is 11.6. The lowest BCUT2D eigenvalue weighted by molar-refractivity contribution is 0.0955. The lowest BCUT2D eigenvalue weighted by atomic mass is 10.1. The largest absolute Gasteiger partial charge is 0.504 e. The van der Waals surface area contributed by atoms with E-state index in [1.54, 1.807) is 18.2 Å². The summed E-state index contributed by atoms with van der Waals surface area (Å²) in [5.41, 5.74) is 4.65. The zero-order chi connectivity index (χ0) is 15.2. The van der Waals surface area contributed by atoms with Crippen LogP contribution in [0, 0.1) is 0 Å². The molecule has 2 aromatic carbocycles. The van der Waals surface area contributed by atoms with E-state index in [-0.39, 0.29) is 17.4 Å². The van der Waals surface area contributed by atoms with Crippen LogP contribution in [0.5, 0.6) is 11.5 Å². The second kappa shape index (κ2) is 6.56. The van der Waals surface area contributed by atoms with Crippen molar-refractivity contribution in [3.05, 3.63) is 59.2 Å². The van der Waals surface area contributed by atoms with Crippen molar-refractivity contribution in [1.29, 1.82) is 0 Å². The summed E-state index contributed by atoms with van der Waals surface area (Å²) < 4.78 is 0. The van der Waals surface area contributed by atoms with E-state index in [9.17, 15) is 15.0 Å². The van der Waals surface area contributed by atoms with Crippen molar-refractivity contribution in [2.24, 2.45) is 5.10 Å². The second-order valence-electron chi connectivity index (χ2n) is 4.50. The smallest absolute Gasteiger partial charge is 0.271 e. The Bertz CT molecular complexity index is 664. The molecular formula is C16H16N2O3. The molecule has 1 amide bonds. The highest BCUT2D eigenvalue weighted by atomic mass is 16.3. The van der Waals surface area contributed by atoms with Gasteiger partial charge in [-0.15, -0.1) is 0 Å². The van der Waals surface area contributed by atoms with Crippen LogP contribution in [-0.4, -0.2) is 22.3 Å². The number of amides is 1. The maximum Gasteiger partial charge on any atom is 0.271 e. The number of hydrogen-bond donors (Lipinski definition) is 3. The first kappa shape index (κ1) is 14.6. The molecule has 2 aromatic rings. The number of aromatic hydroxyl groups is 2. The van der Waals surface area contributed by atoms with Gasteiger partial charge in [0.15, 0.2) is 11.5 Å². The van der Waals surface area contributed by atoms with Crippen LogP contribution in [0.25, 0.3) is 0 Å². The summed E-state index contributed by atoms with van der Waals surface area (Å²) in [5, 5.41) is 22.3. The number of phenols is 2. The van der Waals surface area contributed by atoms with Gasteiger partial charge in [0.25, 0.3) is 5.91 Å². The van der Waals surface area contributed by atoms with E-state index in [1.807, 2.05) is 19.1 Å². The third-order valence-corrected chi connectivity index (χ3v) is 3.00. The van der Waals surface area contributed by atoms with E-state index in [1.165, 1.54) is 18.3 Å². The van der Waals surface area contributed by atoms with Gasteiger partial charge < -0.3 is 10.2 Å². The number of rotatable bonds is 4. The monoisotopic (exact) mass is 284 g/mol. The van der Waals surface area contributed by atoms with Crippen LogP contribution < -0.4 is 5.43 Å². The Labute approximate surface area is 122 Å². The molecule has 108 valence electrons. The van der Waals surface area contributed by atoms with Crippen LogP contribution >= 0.6 is 0 Å². The van der Waals surface area contributed by atoms with E-state index >= 15 is 0 Å². The van der Waals surface area contributed by atoms with Gasteiger partial charge in [0.1, 0.15) is 0 Å². The van der Waals surface area contributed by atoms with E-state index < -0.39 is 0 Å². The quantitative estimate of drug-likeness (QED) is 0.458. The van der Waals surface area contributed by atoms with Gasteiger partial charge in [-0.25, -0.2) is 5.43 Å². The number of nitrogens with zero attached hydrogens (tertiary/aromatic N) is 1. The molecule has 0 saturated carbocycles. The Morgan fingerprint density at radius 3 is 2.48 bits per heavy atom. The number of carbonyl (C=O) groups excluding carboxylic acids is 1. The summed E-state index contributed by atoms with van der Waals surface area (Å²) in [7, 11) is 0. The minimum absolute atomic E-state index is 0.202. The van der Waals surface area contributed by atoms with Crippen LogP contribution in [0.3, 0.4) is 0 Å². The first-order chi connectivity index (χ1) is 10.1. The number of carbonyl (C=O) groups is 1. The van der Waals surface area contributed by atoms with Crippen LogP contribution in [0.15, 0.2) is 47.6 Å². The summed E-state index contributed by atoms with van der Waals surface area (Å²) in [4.78, 5) is 11.8. The molecule has 5 heteroatoms. The molecule has 0 saturated heterocycles. The number of benzene rings is 2. The zero-order valence-electron chi connectivity index (χ0n) is 11.6. The number of hydrogen-bond acceptors (Lipinski definition) is 4. The van der Waals surface area contributed by atoms with E-state index in [0.717, 1.165) is 12.0 Å². The Morgan fingerprint density at radius 1 is 1.14 bits per heavy atom. The van der Waals surface area contributed by atoms with Crippen molar-refractivity contribution >= 4 is 12.1 Å². The lowest BCUT2D eigenvalue weighted by Gasteiger charge is -2.02. The highest BCUT2D eigenvalue weighted by Gasteiger charge is 2.03. The fourth-order valence-electron chi connectivity index (χ4n) is 1.74. The van der Waals surface area contributed by atoms with Crippen LogP contribution in [-0.2, 0) is 6.42 Å². The Balaban J connectivity index is 1.99. The molecule has 0 bridgehead atoms. The second-order valence-corrected chi connectivity index (χ2v) is 4.50. The van der Waals surface area contributed by atoms with Crippen molar-refractivity contribution in [1.82, 2.24) is 5.43 Å². The molecule has 5 nitrogen and oxygen atoms in total. The molecule has 0 heterocycles. The molecule has 0 spiro atoms. The minimum atomic E-state index is -0.308. The maximum absolute atomic E-state index is 11.8. The first-order valence-electron chi connectivity index (χ1n) is 6.54. The number of aryl methyl sites for hydroxylation is 1. The number of phenolic OH excluding ortho intramolecular Hbond substituents is 2. The number of nitrogens with one attached hydrogen (secondary N) is 1. The van der Waals surface area contributed by atoms with Gasteiger partial charge in [-0.1, -0.05) is 19.1 Å². The third kappa shape index (κ3) is 3.82. The normalized spacial score (nSPS) is 10.7. The molecule has 0 aliphatic rings. The van der Waals surface area contributed by atoms with Gasteiger partial charge in [-0.05, 0) is 47.9 Å². The van der Waals surface area contributed by atoms with Crippen LogP contribution in [0.4, 0.5) is 0 Å². The van der Waals surface area contributed by atoms with Crippen molar-refractivity contribution in [3.63, 3.8) is 0 Å². The van der Waals surface area contributed by atoms with Gasteiger partial charge in [0, 0.05) is 5.56 Å². The van der Waals surface area contributed by atoms with Gasteiger partial charge in [-0.3, -0.25) is 4.79 Å². The van der Waals surface area contributed by atoms with E-state index in [4.69, 9.17) is 0 Å². The van der Waals surface area contributed by atoms with Crippen LogP contribution in [0.1, 0.15) is 28.4 Å². The average molecular weight is 284 g/mol. The van der Waals surface area contributed by atoms with E-state index in [2.05, 4.69) is 10.5 Å². The summed E-state index contributed by atoms with van der Waals surface area (Å²) in [6.45, 7) is 2.05. The fraction of sp³-hybridized carbons (Fsp3) is 0.125. The summed E-state index contributed by atoms with van der Waals surface area (Å²) in [6.07, 6.45) is 2.31. The Kier molecular flexibility index (Phi) is 4.56. The Morgan fingerprint density at radius 2 is 1.86 bits per heavy atom. The first-order valence-corrected chi connectivity index (χ1v) is 6.54. The van der Waals surface area contributed by atoms with Crippen molar-refractivity contribution < 1.29 is 15.0 Å². The highest BCUT2D eigenvalue weighted by Crippen LogP contribution is 2.23. The molecule has 0 unspecified atom stereocenters. The van der Waals surface area contributed by atoms with Crippen molar-refractivity contribution in [2.75, 3.05) is 0 Å². The summed E-state index contributed by atoms with van der Waals surface area (Å²) in [6, 6.07) is 11.6. The van der Waals surface area contributed by atoms with Gasteiger partial charge in [-0.2, -0.15) is 5.10 Å². The molecule has 0 atom stereocenters. The minimum Gasteiger partial charge on any atom is -0.504 e. The molecule has 21 heavy (non-hydrogen) atoms. The van der Waals surface area contributed by atoms with Gasteiger partial charge in [0.2, 0.25) is 0 Å². The topological polar surface area (TPSA) is 81.9 Å². The van der Waals surface area contributed by atoms with Crippen molar-refractivity contribution in [3.8, 4) is 11.5 Å². The standard InChI is InChI=1S/C16H16N2O3/c1-2-11-3-6-13(7-4-11)16(21)18-17-10-12-5-8-14(19)15(20)9-12/h3-10,19-20H,2H2,1H3,(H,18,21)/b17-10+. The Hall–Kier alpha value is -2.82. The SMILES string of the molecule is CCc1ccc(C(=O)N/N=C/c2ccc(O)c(O)c2)cc1. The molecule has 0 radical (unpaired) electrons. The summed E-state index contributed by atoms with van der Waals surface area (Å²) in [5.74, 6) is -0.746. The van der Waals surface area contributed by atoms with Gasteiger partial charge in [0.05, 0.1) is 6.21 Å². The van der Waals surface area contributed by atoms with Crippen LogP contribution in [0.2, 0.25) is 0 Å². The van der Waals surface area contributed by atoms with E-state index in [0.29, 0.717) is 11.1 Å². The molecule has 0 fully saturated rings. The predicted octanol–water partition coefficient (Wildman–Crippen LogP) is 2.42. The van der Waals surface area contributed by atoms with Crippen molar-refractivity contribution in [2.45, 2.75) is 13.3 Å². The lowest BCUT2D eigenvalue weighted by Crippen LogP contribution is -2.17. The van der Waals surface area contributed by atoms with Gasteiger partial charge >= 0.3 is 0 Å². The molecular weight excluding hydrogens is 268 g/mol. The number of hydrazone groups is 1. The third-order valence-electron chi connectivity index (χ3n) is 3.00. The highest BCUT2D eigenvalue weighted by molar-refractivity contribution is 5.94. The molecule has 0 aromatic heterocycles. The average Bonchev–Trinajstić information content (AvgIpc) is 2.51. The maximum atomic E-state index is 11.8. The fourth-order valence-corrected chi connectivity index (χ4v) is 1.74. The summed E-state index contributed by atoms with van der Waals surface area (Å²) >= 11 is 0. The molecule has 2 rings (SSSR count). The molecule has 3 N–H and O–H groups in total. The molecule has 0 aliphatic carbocycles. The predicted molar refractivity (Wildman–Crippen MR) is 80.7 cm³/mol. The molecule has 0 aliphatic heterocycles.